The summed E-state index contributed by atoms with van der Waals surface area (Å²) in [7, 11) is 1.81. The molecular weight excluding hydrogens is 216 g/mol. The van der Waals surface area contributed by atoms with E-state index in [1.807, 2.05) is 11.9 Å². The van der Waals surface area contributed by atoms with Crippen molar-refractivity contribution in [1.82, 2.24) is 14.7 Å². The van der Waals surface area contributed by atoms with Crippen LogP contribution in [0.5, 0.6) is 0 Å². The van der Waals surface area contributed by atoms with Gasteiger partial charge in [0.25, 0.3) is 5.91 Å². The van der Waals surface area contributed by atoms with Crippen molar-refractivity contribution in [3.05, 3.63) is 18.0 Å². The highest BCUT2D eigenvalue weighted by Gasteiger charge is 2.17. The van der Waals surface area contributed by atoms with Crippen LogP contribution in [0.4, 0.5) is 0 Å². The Labute approximate surface area is 103 Å². The van der Waals surface area contributed by atoms with Gasteiger partial charge in [0.1, 0.15) is 0 Å². The lowest BCUT2D eigenvalue weighted by Gasteiger charge is -2.23. The smallest absolute Gasteiger partial charge is 0.257 e. The van der Waals surface area contributed by atoms with Gasteiger partial charge in [0.2, 0.25) is 0 Å². The summed E-state index contributed by atoms with van der Waals surface area (Å²) >= 11 is 0. The monoisotopic (exact) mass is 238 g/mol. The fourth-order valence-electron chi connectivity index (χ4n) is 1.71. The van der Waals surface area contributed by atoms with Crippen molar-refractivity contribution < 1.29 is 4.79 Å². The van der Waals surface area contributed by atoms with Gasteiger partial charge in [-0.3, -0.25) is 9.48 Å². The Kier molecular flexibility index (Phi) is 5.15. The molecule has 2 N–H and O–H groups in total. The maximum atomic E-state index is 12.2. The van der Waals surface area contributed by atoms with Crippen LogP contribution in [0.3, 0.4) is 0 Å². The van der Waals surface area contributed by atoms with Crippen molar-refractivity contribution in [2.45, 2.75) is 20.3 Å². The second kappa shape index (κ2) is 6.39. The van der Waals surface area contributed by atoms with Crippen molar-refractivity contribution in [2.75, 3.05) is 19.6 Å². The lowest BCUT2D eigenvalue weighted by atomic mass is 10.2. The zero-order valence-corrected chi connectivity index (χ0v) is 10.9. The predicted octanol–water partition coefficient (Wildman–Crippen LogP) is 0.867. The van der Waals surface area contributed by atoms with Gasteiger partial charge in [-0.1, -0.05) is 13.8 Å². The molecule has 0 aliphatic carbocycles. The van der Waals surface area contributed by atoms with Crippen molar-refractivity contribution in [3.8, 4) is 0 Å². The molecule has 0 saturated carbocycles. The Balaban J connectivity index is 2.71. The minimum atomic E-state index is 0.0419. The molecule has 1 heterocycles. The van der Waals surface area contributed by atoms with Crippen LogP contribution in [-0.2, 0) is 7.05 Å². The molecule has 5 heteroatoms. The third kappa shape index (κ3) is 4.19. The number of rotatable bonds is 6. The van der Waals surface area contributed by atoms with Crippen LogP contribution in [0, 0.1) is 5.92 Å². The first-order valence-corrected chi connectivity index (χ1v) is 6.02. The van der Waals surface area contributed by atoms with Gasteiger partial charge in [-0.05, 0) is 18.9 Å². The number of amides is 1. The SMILES string of the molecule is CC(C)CN(CCCN)C(=O)c1cnn(C)c1. The minimum absolute atomic E-state index is 0.0419. The summed E-state index contributed by atoms with van der Waals surface area (Å²) in [6.07, 6.45) is 4.19. The lowest BCUT2D eigenvalue weighted by molar-refractivity contribution is 0.0735. The molecule has 0 bridgehead atoms. The zero-order valence-electron chi connectivity index (χ0n) is 10.9. The van der Waals surface area contributed by atoms with E-state index in [0.717, 1.165) is 13.0 Å². The number of nitrogens with zero attached hydrogens (tertiary/aromatic N) is 3. The number of carbonyl (C=O) groups is 1. The molecule has 1 rings (SSSR count). The summed E-state index contributed by atoms with van der Waals surface area (Å²) in [4.78, 5) is 14.1. The summed E-state index contributed by atoms with van der Waals surface area (Å²) in [5.74, 6) is 0.494. The highest BCUT2D eigenvalue weighted by Crippen LogP contribution is 2.07. The van der Waals surface area contributed by atoms with Gasteiger partial charge < -0.3 is 10.6 Å². The van der Waals surface area contributed by atoms with Gasteiger partial charge in [-0.2, -0.15) is 5.10 Å². The van der Waals surface area contributed by atoms with E-state index in [4.69, 9.17) is 5.73 Å². The molecule has 0 aromatic carbocycles. The van der Waals surface area contributed by atoms with Gasteiger partial charge in [-0.15, -0.1) is 0 Å². The Morgan fingerprint density at radius 1 is 1.59 bits per heavy atom. The maximum absolute atomic E-state index is 12.2. The molecule has 0 spiro atoms. The van der Waals surface area contributed by atoms with E-state index >= 15 is 0 Å². The molecule has 1 aromatic rings. The topological polar surface area (TPSA) is 64.2 Å². The van der Waals surface area contributed by atoms with E-state index in [1.54, 1.807) is 17.1 Å². The Bertz CT molecular complexity index is 359. The quantitative estimate of drug-likeness (QED) is 0.799. The third-order valence-electron chi connectivity index (χ3n) is 2.46. The summed E-state index contributed by atoms with van der Waals surface area (Å²) in [5.41, 5.74) is 6.14. The Morgan fingerprint density at radius 2 is 2.29 bits per heavy atom. The number of nitrogens with two attached hydrogens (primary N) is 1. The van der Waals surface area contributed by atoms with Crippen LogP contribution in [0.2, 0.25) is 0 Å². The van der Waals surface area contributed by atoms with Crippen molar-refractivity contribution in [1.29, 1.82) is 0 Å². The van der Waals surface area contributed by atoms with Gasteiger partial charge in [0.15, 0.2) is 0 Å². The molecule has 96 valence electrons. The predicted molar refractivity (Wildman–Crippen MR) is 67.6 cm³/mol. The fraction of sp³-hybridized carbons (Fsp3) is 0.667. The summed E-state index contributed by atoms with van der Waals surface area (Å²) < 4.78 is 1.64. The molecule has 0 saturated heterocycles. The number of aromatic nitrogens is 2. The highest BCUT2D eigenvalue weighted by atomic mass is 16.2. The van der Waals surface area contributed by atoms with Crippen molar-refractivity contribution in [3.63, 3.8) is 0 Å². The molecule has 1 aromatic heterocycles. The van der Waals surface area contributed by atoms with E-state index in [-0.39, 0.29) is 5.91 Å². The van der Waals surface area contributed by atoms with Crippen LogP contribution >= 0.6 is 0 Å². The number of hydrogen-bond donors (Lipinski definition) is 1. The van der Waals surface area contributed by atoms with Gasteiger partial charge >= 0.3 is 0 Å². The average Bonchev–Trinajstić information content (AvgIpc) is 2.69. The largest absolute Gasteiger partial charge is 0.338 e. The van der Waals surface area contributed by atoms with Crippen LogP contribution in [0.15, 0.2) is 12.4 Å². The van der Waals surface area contributed by atoms with Gasteiger partial charge in [0.05, 0.1) is 11.8 Å². The van der Waals surface area contributed by atoms with Gasteiger partial charge in [0, 0.05) is 26.3 Å². The molecule has 5 nitrogen and oxygen atoms in total. The van der Waals surface area contributed by atoms with Crippen molar-refractivity contribution in [2.24, 2.45) is 18.7 Å². The molecule has 0 radical (unpaired) electrons. The van der Waals surface area contributed by atoms with Crippen LogP contribution < -0.4 is 5.73 Å². The molecule has 0 unspecified atom stereocenters. The van der Waals surface area contributed by atoms with Crippen molar-refractivity contribution >= 4 is 5.91 Å². The summed E-state index contributed by atoms with van der Waals surface area (Å²) in [5, 5.41) is 4.02. The molecular formula is C12H22N4O. The first-order valence-electron chi connectivity index (χ1n) is 6.02. The average molecular weight is 238 g/mol. The molecule has 0 fully saturated rings. The third-order valence-corrected chi connectivity index (χ3v) is 2.46. The van der Waals surface area contributed by atoms with E-state index < -0.39 is 0 Å². The number of carbonyl (C=O) groups excluding carboxylic acids is 1. The molecule has 0 aliphatic heterocycles. The van der Waals surface area contributed by atoms with E-state index in [9.17, 15) is 4.79 Å². The highest BCUT2D eigenvalue weighted by molar-refractivity contribution is 5.93. The van der Waals surface area contributed by atoms with Crippen LogP contribution in [-0.4, -0.2) is 40.2 Å². The maximum Gasteiger partial charge on any atom is 0.257 e. The number of aryl methyl sites for hydroxylation is 1. The zero-order chi connectivity index (χ0) is 12.8. The van der Waals surface area contributed by atoms with Gasteiger partial charge in [-0.25, -0.2) is 0 Å². The van der Waals surface area contributed by atoms with Crippen LogP contribution in [0.25, 0.3) is 0 Å². The molecule has 17 heavy (non-hydrogen) atoms. The Morgan fingerprint density at radius 3 is 2.76 bits per heavy atom. The second-order valence-corrected chi connectivity index (χ2v) is 4.69. The first kappa shape index (κ1) is 13.7. The Hall–Kier alpha value is -1.36. The van der Waals surface area contributed by atoms with E-state index in [0.29, 0.717) is 24.6 Å². The molecule has 1 amide bonds. The van der Waals surface area contributed by atoms with E-state index in [2.05, 4.69) is 18.9 Å². The molecule has 0 aliphatic rings. The second-order valence-electron chi connectivity index (χ2n) is 4.69. The normalized spacial score (nSPS) is 10.9. The van der Waals surface area contributed by atoms with Crippen LogP contribution in [0.1, 0.15) is 30.6 Å². The standard InChI is InChI=1S/C12H22N4O/c1-10(2)8-16(6-4-5-13)12(17)11-7-14-15(3)9-11/h7,9-10H,4-6,8,13H2,1-3H3. The fourth-order valence-corrected chi connectivity index (χ4v) is 1.71. The molecule has 0 atom stereocenters. The van der Waals surface area contributed by atoms with E-state index in [1.165, 1.54) is 0 Å². The minimum Gasteiger partial charge on any atom is -0.338 e. The number of hydrogen-bond acceptors (Lipinski definition) is 3. The summed E-state index contributed by atoms with van der Waals surface area (Å²) in [6.45, 7) is 6.28. The first-order chi connectivity index (χ1) is 8.04. The summed E-state index contributed by atoms with van der Waals surface area (Å²) in [6, 6.07) is 0. The lowest BCUT2D eigenvalue weighted by Crippen LogP contribution is -2.35.